The summed E-state index contributed by atoms with van der Waals surface area (Å²) in [7, 11) is 1.51. The molecule has 0 saturated carbocycles. The Morgan fingerprint density at radius 1 is 1.03 bits per heavy atom. The van der Waals surface area contributed by atoms with Gasteiger partial charge in [-0.3, -0.25) is 14.5 Å². The van der Waals surface area contributed by atoms with Crippen LogP contribution in [-0.4, -0.2) is 48.1 Å². The van der Waals surface area contributed by atoms with Crippen molar-refractivity contribution in [2.45, 2.75) is 25.8 Å². The third kappa shape index (κ3) is 6.76. The van der Waals surface area contributed by atoms with E-state index >= 15 is 0 Å². The quantitative estimate of drug-likeness (QED) is 0.261. The summed E-state index contributed by atoms with van der Waals surface area (Å²) in [5.41, 5.74) is 1.93. The number of thiocarbonyl (C=S) groups is 1. The number of nitrogens with zero attached hydrogens (tertiary/aromatic N) is 2. The van der Waals surface area contributed by atoms with E-state index in [1.807, 2.05) is 13.0 Å². The molecule has 2 amide bonds. The van der Waals surface area contributed by atoms with Gasteiger partial charge in [0.25, 0.3) is 5.91 Å². The maximum Gasteiger partial charge on any atom is 0.256 e. The molecule has 0 spiro atoms. The van der Waals surface area contributed by atoms with Crippen LogP contribution in [0.4, 0.5) is 11.4 Å². The van der Waals surface area contributed by atoms with Gasteiger partial charge in [-0.05, 0) is 85.7 Å². The molecular weight excluding hydrogens is 581 g/mol. The fourth-order valence-electron chi connectivity index (χ4n) is 4.27. The molecule has 1 atom stereocenters. The Kier molecular flexibility index (Phi) is 9.56. The number of hydrogen-bond acceptors (Lipinski definition) is 5. The highest BCUT2D eigenvalue weighted by molar-refractivity contribution is 7.80. The molecule has 0 radical (unpaired) electrons. The fourth-order valence-corrected chi connectivity index (χ4v) is 5.44. The van der Waals surface area contributed by atoms with Gasteiger partial charge >= 0.3 is 0 Å². The van der Waals surface area contributed by atoms with Crippen molar-refractivity contribution >= 4 is 75.3 Å². The first kappa shape index (κ1) is 29.0. The Bertz CT molecular complexity index is 1390. The molecule has 11 heteroatoms. The van der Waals surface area contributed by atoms with Crippen LogP contribution in [0.25, 0.3) is 0 Å². The van der Waals surface area contributed by atoms with Crippen molar-refractivity contribution in [3.05, 3.63) is 81.3 Å². The molecule has 1 aliphatic rings. The van der Waals surface area contributed by atoms with E-state index in [1.54, 1.807) is 59.5 Å². The number of rotatable bonds is 10. The van der Waals surface area contributed by atoms with E-state index < -0.39 is 6.04 Å². The highest BCUT2D eigenvalue weighted by Gasteiger charge is 2.44. The standard InChI is InChI=1S/C28H26Cl3N3O4S/c1-3-38-21-9-6-19(7-10-21)32-26(35)16-24-27(36)34(20-8-11-25(37-2)23(31)15-20)28(39)33(24)13-12-17-4-5-18(29)14-22(17)30/h4-11,14-15,24H,3,12-13,16H2,1-2H3,(H,32,35). The second-order valence-electron chi connectivity index (χ2n) is 8.68. The fraction of sp³-hybridized carbons (Fsp3) is 0.250. The number of halogens is 3. The molecule has 7 nitrogen and oxygen atoms in total. The van der Waals surface area contributed by atoms with Gasteiger partial charge in [-0.25, -0.2) is 0 Å². The van der Waals surface area contributed by atoms with Crippen molar-refractivity contribution in [2.75, 3.05) is 30.5 Å². The van der Waals surface area contributed by atoms with E-state index in [4.69, 9.17) is 56.5 Å². The van der Waals surface area contributed by atoms with Gasteiger partial charge in [-0.15, -0.1) is 0 Å². The summed E-state index contributed by atoms with van der Waals surface area (Å²) in [6.45, 7) is 2.80. The van der Waals surface area contributed by atoms with Crippen LogP contribution in [0.1, 0.15) is 18.9 Å². The number of methoxy groups -OCH3 is 1. The summed E-state index contributed by atoms with van der Waals surface area (Å²) in [6, 6.07) is 16.4. The maximum atomic E-state index is 13.7. The van der Waals surface area contributed by atoms with Crippen molar-refractivity contribution in [2.24, 2.45) is 0 Å². The van der Waals surface area contributed by atoms with Crippen LogP contribution in [0.2, 0.25) is 15.1 Å². The summed E-state index contributed by atoms with van der Waals surface area (Å²) >= 11 is 24.5. The molecule has 39 heavy (non-hydrogen) atoms. The first-order valence-corrected chi connectivity index (χ1v) is 13.7. The topological polar surface area (TPSA) is 71.1 Å². The Balaban J connectivity index is 1.57. The van der Waals surface area contributed by atoms with Gasteiger partial charge in [0.1, 0.15) is 17.5 Å². The van der Waals surface area contributed by atoms with Crippen LogP contribution in [0.3, 0.4) is 0 Å². The summed E-state index contributed by atoms with van der Waals surface area (Å²) in [5.74, 6) is 0.515. The maximum absolute atomic E-state index is 13.7. The lowest BCUT2D eigenvalue weighted by molar-refractivity contribution is -0.124. The highest BCUT2D eigenvalue weighted by Crippen LogP contribution is 2.34. The van der Waals surface area contributed by atoms with Gasteiger partial charge in [0.2, 0.25) is 5.91 Å². The normalized spacial score (nSPS) is 15.1. The average Bonchev–Trinajstić information content (AvgIpc) is 3.13. The molecule has 204 valence electrons. The van der Waals surface area contributed by atoms with Gasteiger partial charge in [0, 0.05) is 22.3 Å². The Morgan fingerprint density at radius 3 is 2.41 bits per heavy atom. The van der Waals surface area contributed by atoms with Crippen molar-refractivity contribution in [3.63, 3.8) is 0 Å². The molecule has 4 rings (SSSR count). The molecule has 1 heterocycles. The lowest BCUT2D eigenvalue weighted by Gasteiger charge is -2.24. The Morgan fingerprint density at radius 2 is 1.77 bits per heavy atom. The summed E-state index contributed by atoms with van der Waals surface area (Å²) < 4.78 is 10.7. The van der Waals surface area contributed by atoms with E-state index in [0.717, 1.165) is 5.56 Å². The highest BCUT2D eigenvalue weighted by atomic mass is 35.5. The second-order valence-corrected chi connectivity index (χ2v) is 10.3. The molecule has 0 bridgehead atoms. The lowest BCUT2D eigenvalue weighted by atomic mass is 10.1. The molecule has 1 fully saturated rings. The van der Waals surface area contributed by atoms with Crippen molar-refractivity contribution in [3.8, 4) is 11.5 Å². The van der Waals surface area contributed by atoms with E-state index in [1.165, 1.54) is 12.0 Å². The van der Waals surface area contributed by atoms with E-state index in [-0.39, 0.29) is 23.3 Å². The number of carbonyl (C=O) groups is 2. The number of ether oxygens (including phenoxy) is 2. The number of hydrogen-bond donors (Lipinski definition) is 1. The van der Waals surface area contributed by atoms with Crippen LogP contribution in [-0.2, 0) is 16.0 Å². The predicted molar refractivity (Wildman–Crippen MR) is 160 cm³/mol. The number of carbonyl (C=O) groups excluding carboxylic acids is 2. The molecule has 1 aliphatic heterocycles. The third-order valence-corrected chi connectivity index (χ3v) is 7.48. The van der Waals surface area contributed by atoms with Crippen LogP contribution in [0.15, 0.2) is 60.7 Å². The smallest absolute Gasteiger partial charge is 0.256 e. The zero-order chi connectivity index (χ0) is 28.1. The van der Waals surface area contributed by atoms with Gasteiger partial charge in [0.05, 0.1) is 30.8 Å². The van der Waals surface area contributed by atoms with Gasteiger partial charge in [0.15, 0.2) is 5.11 Å². The predicted octanol–water partition coefficient (Wildman–Crippen LogP) is 6.63. The van der Waals surface area contributed by atoms with Crippen molar-refractivity contribution < 1.29 is 19.1 Å². The summed E-state index contributed by atoms with van der Waals surface area (Å²) in [4.78, 5) is 29.9. The van der Waals surface area contributed by atoms with Crippen molar-refractivity contribution in [1.82, 2.24) is 4.90 Å². The molecule has 0 aromatic heterocycles. The lowest BCUT2D eigenvalue weighted by Crippen LogP contribution is -2.39. The minimum atomic E-state index is -0.827. The SMILES string of the molecule is CCOc1ccc(NC(=O)CC2C(=O)N(c3ccc(OC)c(Cl)c3)C(=S)N2CCc2ccc(Cl)cc2Cl)cc1. The minimum Gasteiger partial charge on any atom is -0.495 e. The number of nitrogens with one attached hydrogen (secondary N) is 1. The molecule has 3 aromatic rings. The minimum absolute atomic E-state index is 0.110. The second kappa shape index (κ2) is 12.9. The van der Waals surface area contributed by atoms with Gasteiger partial charge in [-0.2, -0.15) is 0 Å². The zero-order valence-electron chi connectivity index (χ0n) is 21.2. The van der Waals surface area contributed by atoms with Crippen molar-refractivity contribution in [1.29, 1.82) is 0 Å². The zero-order valence-corrected chi connectivity index (χ0v) is 24.3. The number of benzene rings is 3. The van der Waals surface area contributed by atoms with E-state index in [9.17, 15) is 9.59 Å². The van der Waals surface area contributed by atoms with E-state index in [0.29, 0.717) is 57.5 Å². The molecule has 1 unspecified atom stereocenters. The summed E-state index contributed by atoms with van der Waals surface area (Å²) in [6.07, 6.45) is 0.374. The third-order valence-electron chi connectivity index (χ3n) is 6.18. The first-order chi connectivity index (χ1) is 18.7. The van der Waals surface area contributed by atoms with Gasteiger partial charge in [-0.1, -0.05) is 40.9 Å². The molecule has 1 N–H and O–H groups in total. The number of anilines is 2. The molecule has 3 aromatic carbocycles. The summed E-state index contributed by atoms with van der Waals surface area (Å²) in [5, 5.41) is 4.50. The first-order valence-electron chi connectivity index (χ1n) is 12.2. The number of amides is 2. The Hall–Kier alpha value is -3.04. The monoisotopic (exact) mass is 605 g/mol. The van der Waals surface area contributed by atoms with Crippen LogP contribution in [0, 0.1) is 0 Å². The molecule has 1 saturated heterocycles. The van der Waals surface area contributed by atoms with Crippen LogP contribution < -0.4 is 19.7 Å². The average molecular weight is 607 g/mol. The van der Waals surface area contributed by atoms with Gasteiger partial charge < -0.3 is 19.7 Å². The molecule has 0 aliphatic carbocycles. The van der Waals surface area contributed by atoms with Crippen LogP contribution in [0.5, 0.6) is 11.5 Å². The van der Waals surface area contributed by atoms with Crippen LogP contribution >= 0.6 is 47.0 Å². The van der Waals surface area contributed by atoms with E-state index in [2.05, 4.69) is 5.32 Å². The Labute approximate surface area is 247 Å². The molecular formula is C28H26Cl3N3O4S. The largest absolute Gasteiger partial charge is 0.495 e.